The Labute approximate surface area is 132 Å². The van der Waals surface area contributed by atoms with Crippen LogP contribution in [0.15, 0.2) is 42.5 Å². The van der Waals surface area contributed by atoms with E-state index in [0.29, 0.717) is 12.8 Å². The molecule has 104 valence electrons. The first-order chi connectivity index (χ1) is 9.54. The fourth-order valence-electron chi connectivity index (χ4n) is 1.90. The van der Waals surface area contributed by atoms with Gasteiger partial charge in [0.25, 0.3) is 0 Å². The zero-order valence-corrected chi connectivity index (χ0v) is 13.5. The summed E-state index contributed by atoms with van der Waals surface area (Å²) in [5.74, 6) is 0.0204. The molecule has 3 N–H and O–H groups in total. The second kappa shape index (κ2) is 6.74. The molecule has 0 atom stereocenters. The lowest BCUT2D eigenvalue weighted by atomic mass is 10.1. The van der Waals surface area contributed by atoms with Gasteiger partial charge in [-0.3, -0.25) is 4.79 Å². The first-order valence-corrected chi connectivity index (χ1v) is 7.53. The number of amides is 1. The van der Waals surface area contributed by atoms with Gasteiger partial charge in [0.1, 0.15) is 0 Å². The van der Waals surface area contributed by atoms with E-state index in [4.69, 9.17) is 5.73 Å². The number of carbonyl (C=O) groups is 1. The number of nitrogen functional groups attached to an aromatic ring is 1. The minimum Gasteiger partial charge on any atom is -0.399 e. The second-order valence-corrected chi connectivity index (χ2v) is 5.92. The number of nitrogens with one attached hydrogen (secondary N) is 1. The smallest absolute Gasteiger partial charge is 0.224 e. The van der Waals surface area contributed by atoms with E-state index in [1.807, 2.05) is 49.4 Å². The maximum absolute atomic E-state index is 11.9. The lowest BCUT2D eigenvalue weighted by Crippen LogP contribution is -2.12. The molecule has 0 saturated heterocycles. The predicted octanol–water partition coefficient (Wildman–Crippen LogP) is 3.75. The topological polar surface area (TPSA) is 55.1 Å². The molecule has 0 fully saturated rings. The molecule has 3 nitrogen and oxygen atoms in total. The van der Waals surface area contributed by atoms with Gasteiger partial charge in [-0.2, -0.15) is 0 Å². The molecule has 0 heterocycles. The molecule has 0 aliphatic heterocycles. The second-order valence-electron chi connectivity index (χ2n) is 4.76. The van der Waals surface area contributed by atoms with E-state index in [2.05, 4.69) is 27.9 Å². The number of hydrogen-bond donors (Lipinski definition) is 2. The van der Waals surface area contributed by atoms with Crippen molar-refractivity contribution < 1.29 is 4.79 Å². The molecule has 2 aromatic carbocycles. The maximum atomic E-state index is 11.9. The molecule has 0 unspecified atom stereocenters. The molecule has 0 bridgehead atoms. The minimum atomic E-state index is 0.0204. The third-order valence-electron chi connectivity index (χ3n) is 3.05. The standard InChI is InChI=1S/C16H17IN2O/c1-11-5-7-14(10-15(11)17)19-16(20)8-6-12-3-2-4-13(18)9-12/h2-5,7,9-10H,6,8,18H2,1H3,(H,19,20). The Morgan fingerprint density at radius 2 is 2.05 bits per heavy atom. The number of halogens is 1. The summed E-state index contributed by atoms with van der Waals surface area (Å²) in [6, 6.07) is 13.6. The average Bonchev–Trinajstić information content (AvgIpc) is 2.41. The zero-order chi connectivity index (χ0) is 14.5. The highest BCUT2D eigenvalue weighted by molar-refractivity contribution is 14.1. The highest BCUT2D eigenvalue weighted by atomic mass is 127. The SMILES string of the molecule is Cc1ccc(NC(=O)CCc2cccc(N)c2)cc1I. The molecule has 2 aromatic rings. The minimum absolute atomic E-state index is 0.0204. The number of carbonyl (C=O) groups excluding carboxylic acids is 1. The molecule has 0 aromatic heterocycles. The van der Waals surface area contributed by atoms with Crippen molar-refractivity contribution >= 4 is 39.9 Å². The van der Waals surface area contributed by atoms with Gasteiger partial charge in [-0.1, -0.05) is 18.2 Å². The molecule has 2 rings (SSSR count). The first kappa shape index (κ1) is 14.8. The van der Waals surface area contributed by atoms with E-state index in [1.54, 1.807) is 0 Å². The van der Waals surface area contributed by atoms with Crippen molar-refractivity contribution in [3.63, 3.8) is 0 Å². The third-order valence-corrected chi connectivity index (χ3v) is 4.21. The van der Waals surface area contributed by atoms with E-state index >= 15 is 0 Å². The predicted molar refractivity (Wildman–Crippen MR) is 91.7 cm³/mol. The first-order valence-electron chi connectivity index (χ1n) is 6.45. The Hall–Kier alpha value is -1.56. The number of anilines is 2. The summed E-state index contributed by atoms with van der Waals surface area (Å²) in [6.07, 6.45) is 1.15. The van der Waals surface area contributed by atoms with Gasteiger partial charge in [0.05, 0.1) is 0 Å². The number of rotatable bonds is 4. The van der Waals surface area contributed by atoms with Crippen molar-refractivity contribution in [2.24, 2.45) is 0 Å². The van der Waals surface area contributed by atoms with E-state index < -0.39 is 0 Å². The Kier molecular flexibility index (Phi) is 5.00. The van der Waals surface area contributed by atoms with Crippen LogP contribution in [0.1, 0.15) is 17.5 Å². The molecule has 0 aliphatic rings. The zero-order valence-electron chi connectivity index (χ0n) is 11.3. The molecular weight excluding hydrogens is 363 g/mol. The summed E-state index contributed by atoms with van der Waals surface area (Å²) in [7, 11) is 0. The highest BCUT2D eigenvalue weighted by Gasteiger charge is 2.04. The van der Waals surface area contributed by atoms with Gasteiger partial charge in [-0.15, -0.1) is 0 Å². The van der Waals surface area contributed by atoms with Crippen LogP contribution in [0.3, 0.4) is 0 Å². The van der Waals surface area contributed by atoms with Gasteiger partial charge < -0.3 is 11.1 Å². The van der Waals surface area contributed by atoms with E-state index in [-0.39, 0.29) is 5.91 Å². The van der Waals surface area contributed by atoms with Crippen molar-refractivity contribution in [1.29, 1.82) is 0 Å². The van der Waals surface area contributed by atoms with Gasteiger partial charge in [-0.25, -0.2) is 0 Å². The van der Waals surface area contributed by atoms with Crippen molar-refractivity contribution in [2.75, 3.05) is 11.1 Å². The largest absolute Gasteiger partial charge is 0.399 e. The van der Waals surface area contributed by atoms with Crippen LogP contribution in [-0.2, 0) is 11.2 Å². The van der Waals surface area contributed by atoms with Gasteiger partial charge in [-0.05, 0) is 71.3 Å². The Morgan fingerprint density at radius 3 is 2.75 bits per heavy atom. The van der Waals surface area contributed by atoms with Crippen molar-refractivity contribution in [3.05, 3.63) is 57.2 Å². The molecular formula is C16H17IN2O. The summed E-state index contributed by atoms with van der Waals surface area (Å²) < 4.78 is 1.15. The van der Waals surface area contributed by atoms with Crippen molar-refractivity contribution in [3.8, 4) is 0 Å². The van der Waals surface area contributed by atoms with E-state index in [0.717, 1.165) is 20.5 Å². The van der Waals surface area contributed by atoms with Gasteiger partial charge in [0, 0.05) is 21.4 Å². The number of aryl methyl sites for hydroxylation is 2. The fourth-order valence-corrected chi connectivity index (χ4v) is 2.42. The van der Waals surface area contributed by atoms with Crippen LogP contribution >= 0.6 is 22.6 Å². The molecule has 0 saturated carbocycles. The summed E-state index contributed by atoms with van der Waals surface area (Å²) in [4.78, 5) is 11.9. The summed E-state index contributed by atoms with van der Waals surface area (Å²) in [5, 5.41) is 2.92. The van der Waals surface area contributed by atoms with E-state index in [1.165, 1.54) is 5.56 Å². The number of benzene rings is 2. The lowest BCUT2D eigenvalue weighted by Gasteiger charge is -2.07. The van der Waals surface area contributed by atoms with Crippen molar-refractivity contribution in [1.82, 2.24) is 0 Å². The van der Waals surface area contributed by atoms with Crippen LogP contribution < -0.4 is 11.1 Å². The van der Waals surface area contributed by atoms with Crippen LogP contribution in [0.2, 0.25) is 0 Å². The molecule has 0 spiro atoms. The maximum Gasteiger partial charge on any atom is 0.224 e. The summed E-state index contributed by atoms with van der Waals surface area (Å²) in [6.45, 7) is 2.05. The average molecular weight is 380 g/mol. The van der Waals surface area contributed by atoms with Crippen molar-refractivity contribution in [2.45, 2.75) is 19.8 Å². The Morgan fingerprint density at radius 1 is 1.25 bits per heavy atom. The van der Waals surface area contributed by atoms with Crippen LogP contribution in [0.4, 0.5) is 11.4 Å². The normalized spacial score (nSPS) is 10.3. The summed E-state index contributed by atoms with van der Waals surface area (Å²) >= 11 is 2.27. The van der Waals surface area contributed by atoms with Crippen LogP contribution in [0.25, 0.3) is 0 Å². The molecule has 4 heteroatoms. The third kappa shape index (κ3) is 4.23. The highest BCUT2D eigenvalue weighted by Crippen LogP contribution is 2.17. The Balaban J connectivity index is 1.91. The van der Waals surface area contributed by atoms with Gasteiger partial charge in [0.15, 0.2) is 0 Å². The molecule has 20 heavy (non-hydrogen) atoms. The van der Waals surface area contributed by atoms with Crippen LogP contribution in [-0.4, -0.2) is 5.91 Å². The van der Waals surface area contributed by atoms with Gasteiger partial charge in [0.2, 0.25) is 5.91 Å². The van der Waals surface area contributed by atoms with E-state index in [9.17, 15) is 4.79 Å². The Bertz CT molecular complexity index is 626. The quantitative estimate of drug-likeness (QED) is 0.627. The number of nitrogens with two attached hydrogens (primary N) is 1. The molecule has 0 radical (unpaired) electrons. The monoisotopic (exact) mass is 380 g/mol. The lowest BCUT2D eigenvalue weighted by molar-refractivity contribution is -0.116. The molecule has 1 amide bonds. The van der Waals surface area contributed by atoms with Gasteiger partial charge >= 0.3 is 0 Å². The fraction of sp³-hybridized carbons (Fsp3) is 0.188. The molecule has 0 aliphatic carbocycles. The summed E-state index contributed by atoms with van der Waals surface area (Å²) in [5.41, 5.74) is 9.59. The van der Waals surface area contributed by atoms with Crippen LogP contribution in [0.5, 0.6) is 0 Å². The number of hydrogen-bond acceptors (Lipinski definition) is 2. The van der Waals surface area contributed by atoms with Crippen LogP contribution in [0, 0.1) is 10.5 Å².